The molecule has 0 aromatic heterocycles. The van der Waals surface area contributed by atoms with E-state index in [4.69, 9.17) is 10.5 Å². The first-order valence-corrected chi connectivity index (χ1v) is 5.98. The van der Waals surface area contributed by atoms with Crippen molar-refractivity contribution < 1.29 is 13.9 Å². The molecule has 2 atom stereocenters. The topological polar surface area (TPSA) is 64.3 Å². The third kappa shape index (κ3) is 2.46. The number of para-hydroxylation sites is 1. The van der Waals surface area contributed by atoms with Crippen molar-refractivity contribution in [3.63, 3.8) is 0 Å². The Morgan fingerprint density at radius 3 is 2.89 bits per heavy atom. The molecule has 1 saturated heterocycles. The summed E-state index contributed by atoms with van der Waals surface area (Å²) in [6.07, 6.45) is 0.808. The van der Waals surface area contributed by atoms with Crippen LogP contribution in [-0.2, 0) is 9.53 Å². The second-order valence-electron chi connectivity index (χ2n) is 4.69. The third-order valence-electron chi connectivity index (χ3n) is 3.29. The molecule has 1 aliphatic rings. The smallest absolute Gasteiger partial charge is 0.243 e. The summed E-state index contributed by atoms with van der Waals surface area (Å²) < 4.78 is 19.0. The summed E-state index contributed by atoms with van der Waals surface area (Å²) in [5, 5.41) is 2.96. The molecule has 1 aromatic carbocycles. The van der Waals surface area contributed by atoms with Crippen LogP contribution in [0.15, 0.2) is 24.3 Å². The van der Waals surface area contributed by atoms with Crippen molar-refractivity contribution in [2.45, 2.75) is 31.4 Å². The van der Waals surface area contributed by atoms with E-state index >= 15 is 0 Å². The van der Waals surface area contributed by atoms with Gasteiger partial charge in [-0.05, 0) is 19.1 Å². The number of benzene rings is 1. The molecule has 5 heteroatoms. The van der Waals surface area contributed by atoms with Gasteiger partial charge >= 0.3 is 0 Å². The zero-order valence-corrected chi connectivity index (χ0v) is 10.3. The van der Waals surface area contributed by atoms with E-state index in [1.807, 2.05) is 6.92 Å². The van der Waals surface area contributed by atoms with E-state index in [9.17, 15) is 9.18 Å². The second kappa shape index (κ2) is 4.94. The SMILES string of the molecule is CC1CC(Nc2ccccc2F)(C(N)=O)CCO1. The van der Waals surface area contributed by atoms with Gasteiger partial charge in [-0.1, -0.05) is 12.1 Å². The lowest BCUT2D eigenvalue weighted by Gasteiger charge is -2.38. The monoisotopic (exact) mass is 252 g/mol. The molecule has 0 aliphatic carbocycles. The fourth-order valence-electron chi connectivity index (χ4n) is 2.31. The first kappa shape index (κ1) is 12.8. The van der Waals surface area contributed by atoms with Gasteiger partial charge in [0.25, 0.3) is 0 Å². The quantitative estimate of drug-likeness (QED) is 0.860. The maximum atomic E-state index is 13.6. The van der Waals surface area contributed by atoms with Gasteiger partial charge in [-0.2, -0.15) is 0 Å². The number of primary amides is 1. The van der Waals surface area contributed by atoms with Gasteiger partial charge in [0.1, 0.15) is 11.4 Å². The molecule has 0 saturated carbocycles. The van der Waals surface area contributed by atoms with E-state index in [-0.39, 0.29) is 6.10 Å². The molecule has 3 N–H and O–H groups in total. The van der Waals surface area contributed by atoms with Crippen LogP contribution < -0.4 is 11.1 Å². The lowest BCUT2D eigenvalue weighted by atomic mass is 9.86. The first-order valence-electron chi connectivity index (χ1n) is 5.98. The largest absolute Gasteiger partial charge is 0.378 e. The molecule has 1 fully saturated rings. The van der Waals surface area contributed by atoms with Gasteiger partial charge in [0.15, 0.2) is 0 Å². The lowest BCUT2D eigenvalue weighted by molar-refractivity contribution is -0.127. The Kier molecular flexibility index (Phi) is 3.52. The number of halogens is 1. The fraction of sp³-hybridized carbons (Fsp3) is 0.462. The lowest BCUT2D eigenvalue weighted by Crippen LogP contribution is -2.55. The third-order valence-corrected chi connectivity index (χ3v) is 3.29. The highest BCUT2D eigenvalue weighted by Gasteiger charge is 2.41. The van der Waals surface area contributed by atoms with Crippen LogP contribution in [-0.4, -0.2) is 24.2 Å². The number of anilines is 1. The molecule has 18 heavy (non-hydrogen) atoms. The van der Waals surface area contributed by atoms with E-state index < -0.39 is 17.3 Å². The van der Waals surface area contributed by atoms with Gasteiger partial charge in [0.05, 0.1) is 11.8 Å². The highest BCUT2D eigenvalue weighted by molar-refractivity contribution is 5.88. The minimum Gasteiger partial charge on any atom is -0.378 e. The molecule has 1 amide bonds. The molecule has 98 valence electrons. The zero-order valence-electron chi connectivity index (χ0n) is 10.3. The Balaban J connectivity index is 2.26. The van der Waals surface area contributed by atoms with Gasteiger partial charge in [-0.15, -0.1) is 0 Å². The Morgan fingerprint density at radius 1 is 1.56 bits per heavy atom. The van der Waals surface area contributed by atoms with E-state index in [0.29, 0.717) is 25.1 Å². The summed E-state index contributed by atoms with van der Waals surface area (Å²) >= 11 is 0. The van der Waals surface area contributed by atoms with Crippen LogP contribution in [0.5, 0.6) is 0 Å². The number of rotatable bonds is 3. The summed E-state index contributed by atoms with van der Waals surface area (Å²) in [7, 11) is 0. The Labute approximate surface area is 105 Å². The van der Waals surface area contributed by atoms with Crippen LogP contribution in [0.2, 0.25) is 0 Å². The number of ether oxygens (including phenoxy) is 1. The van der Waals surface area contributed by atoms with Crippen LogP contribution in [0.25, 0.3) is 0 Å². The summed E-state index contributed by atoms with van der Waals surface area (Å²) in [5.41, 5.74) is 4.85. The molecule has 0 bridgehead atoms. The van der Waals surface area contributed by atoms with Gasteiger partial charge < -0.3 is 15.8 Å². The minimum atomic E-state index is -0.931. The van der Waals surface area contributed by atoms with Crippen LogP contribution in [0, 0.1) is 5.82 Å². The average Bonchev–Trinajstić information content (AvgIpc) is 2.32. The summed E-state index contributed by atoms with van der Waals surface area (Å²) in [4.78, 5) is 11.7. The van der Waals surface area contributed by atoms with Gasteiger partial charge in [-0.25, -0.2) is 4.39 Å². The summed E-state index contributed by atoms with van der Waals surface area (Å²) in [5.74, 6) is -0.863. The number of hydrogen-bond donors (Lipinski definition) is 2. The van der Waals surface area contributed by atoms with E-state index in [2.05, 4.69) is 5.32 Å². The normalized spacial score (nSPS) is 27.8. The number of nitrogens with two attached hydrogens (primary N) is 1. The molecule has 2 unspecified atom stereocenters. The first-order chi connectivity index (χ1) is 8.53. The van der Waals surface area contributed by atoms with E-state index in [1.54, 1.807) is 18.2 Å². The molecule has 1 heterocycles. The summed E-state index contributed by atoms with van der Waals surface area (Å²) in [6, 6.07) is 6.26. The number of carbonyl (C=O) groups excluding carboxylic acids is 1. The van der Waals surface area contributed by atoms with Crippen molar-refractivity contribution in [3.05, 3.63) is 30.1 Å². The Morgan fingerprint density at radius 2 is 2.28 bits per heavy atom. The van der Waals surface area contributed by atoms with E-state index in [0.717, 1.165) is 0 Å². The molecule has 0 radical (unpaired) electrons. The van der Waals surface area contributed by atoms with Gasteiger partial charge in [-0.3, -0.25) is 4.79 Å². The van der Waals surface area contributed by atoms with E-state index in [1.165, 1.54) is 6.07 Å². The standard InChI is InChI=1S/C13H17FN2O2/c1-9-8-13(12(15)17,6-7-18-9)16-11-5-3-2-4-10(11)14/h2-5,9,16H,6-8H2,1H3,(H2,15,17). The average molecular weight is 252 g/mol. The Hall–Kier alpha value is -1.62. The molecule has 4 nitrogen and oxygen atoms in total. The number of amides is 1. The van der Waals surface area contributed by atoms with Crippen LogP contribution in [0.3, 0.4) is 0 Å². The summed E-state index contributed by atoms with van der Waals surface area (Å²) in [6.45, 7) is 2.31. The highest BCUT2D eigenvalue weighted by Crippen LogP contribution is 2.29. The van der Waals surface area contributed by atoms with Gasteiger partial charge in [0, 0.05) is 19.4 Å². The van der Waals surface area contributed by atoms with Gasteiger partial charge in [0.2, 0.25) is 5.91 Å². The number of nitrogens with one attached hydrogen (secondary N) is 1. The second-order valence-corrected chi connectivity index (χ2v) is 4.69. The maximum Gasteiger partial charge on any atom is 0.243 e. The highest BCUT2D eigenvalue weighted by atomic mass is 19.1. The van der Waals surface area contributed by atoms with Crippen molar-refractivity contribution >= 4 is 11.6 Å². The number of hydrogen-bond acceptors (Lipinski definition) is 3. The van der Waals surface area contributed by atoms with Crippen molar-refractivity contribution in [1.82, 2.24) is 0 Å². The predicted molar refractivity (Wildman–Crippen MR) is 66.6 cm³/mol. The molecule has 1 aliphatic heterocycles. The molecule has 2 rings (SSSR count). The predicted octanol–water partition coefficient (Wildman–Crippen LogP) is 1.66. The number of carbonyl (C=O) groups is 1. The Bertz CT molecular complexity index is 452. The minimum absolute atomic E-state index is 0.0782. The molecular weight excluding hydrogens is 235 g/mol. The van der Waals surface area contributed by atoms with Crippen LogP contribution in [0.4, 0.5) is 10.1 Å². The van der Waals surface area contributed by atoms with Crippen molar-refractivity contribution in [2.24, 2.45) is 5.73 Å². The molecule has 1 aromatic rings. The van der Waals surface area contributed by atoms with Crippen molar-refractivity contribution in [3.8, 4) is 0 Å². The van der Waals surface area contributed by atoms with Crippen LogP contribution in [0.1, 0.15) is 19.8 Å². The molecule has 0 spiro atoms. The van der Waals surface area contributed by atoms with Crippen LogP contribution >= 0.6 is 0 Å². The molecular formula is C13H17FN2O2. The van der Waals surface area contributed by atoms with Crippen molar-refractivity contribution in [2.75, 3.05) is 11.9 Å². The van der Waals surface area contributed by atoms with Crippen molar-refractivity contribution in [1.29, 1.82) is 0 Å². The maximum absolute atomic E-state index is 13.6. The fourth-order valence-corrected chi connectivity index (χ4v) is 2.31. The zero-order chi connectivity index (χ0) is 13.2.